The van der Waals surface area contributed by atoms with E-state index in [1.165, 1.54) is 0 Å². The highest BCUT2D eigenvalue weighted by atomic mass is 19.4. The van der Waals surface area contributed by atoms with Crippen LogP contribution in [0.3, 0.4) is 0 Å². The van der Waals surface area contributed by atoms with Gasteiger partial charge in [0, 0.05) is 6.04 Å². The molecule has 2 rings (SSSR count). The molecule has 3 nitrogen and oxygen atoms in total. The molecule has 1 aliphatic rings. The number of amides is 1. The van der Waals surface area contributed by atoms with Crippen molar-refractivity contribution >= 4 is 5.91 Å². The van der Waals surface area contributed by atoms with E-state index in [9.17, 15) is 18.0 Å². The van der Waals surface area contributed by atoms with Crippen molar-refractivity contribution in [3.63, 3.8) is 0 Å². The Hall–Kier alpha value is -1.72. The van der Waals surface area contributed by atoms with Crippen molar-refractivity contribution in [1.29, 1.82) is 0 Å². The zero-order valence-electron chi connectivity index (χ0n) is 10.4. The number of ether oxygens (including phenoxy) is 1. The van der Waals surface area contributed by atoms with E-state index < -0.39 is 18.1 Å². The van der Waals surface area contributed by atoms with Gasteiger partial charge in [0.25, 0.3) is 0 Å². The first-order chi connectivity index (χ1) is 8.91. The molecule has 1 N–H and O–H groups in total. The fourth-order valence-electron chi connectivity index (χ4n) is 2.35. The third kappa shape index (κ3) is 3.00. The third-order valence-corrected chi connectivity index (χ3v) is 3.25. The Kier molecular flexibility index (Phi) is 3.68. The number of fused-ring (bicyclic) bond motifs is 1. The zero-order chi connectivity index (χ0) is 14.0. The van der Waals surface area contributed by atoms with Crippen LogP contribution in [-0.2, 0) is 17.6 Å². The van der Waals surface area contributed by atoms with Crippen molar-refractivity contribution in [2.24, 2.45) is 0 Å². The molecule has 0 saturated carbocycles. The highest BCUT2D eigenvalue weighted by Crippen LogP contribution is 2.29. The van der Waals surface area contributed by atoms with Crippen molar-refractivity contribution in [1.82, 2.24) is 5.32 Å². The molecule has 1 unspecified atom stereocenters. The monoisotopic (exact) mass is 273 g/mol. The summed E-state index contributed by atoms with van der Waals surface area (Å²) >= 11 is 0. The van der Waals surface area contributed by atoms with Gasteiger partial charge in [-0.2, -0.15) is 13.2 Å². The number of halogens is 3. The number of hydrogen-bond donors (Lipinski definition) is 1. The number of nitrogens with one attached hydrogen (secondary N) is 1. The first-order valence-corrected chi connectivity index (χ1v) is 5.94. The minimum absolute atomic E-state index is 0.397. The summed E-state index contributed by atoms with van der Waals surface area (Å²) in [5, 5.41) is 2.03. The Morgan fingerprint density at radius 3 is 2.79 bits per heavy atom. The lowest BCUT2D eigenvalue weighted by Crippen LogP contribution is -2.45. The second kappa shape index (κ2) is 5.11. The first kappa shape index (κ1) is 13.7. The van der Waals surface area contributed by atoms with Gasteiger partial charge in [-0.3, -0.25) is 4.79 Å². The van der Waals surface area contributed by atoms with E-state index in [0.29, 0.717) is 19.3 Å². The van der Waals surface area contributed by atoms with E-state index in [4.69, 9.17) is 4.74 Å². The van der Waals surface area contributed by atoms with Gasteiger partial charge in [-0.25, -0.2) is 0 Å². The highest BCUT2D eigenvalue weighted by molar-refractivity contribution is 5.82. The smallest absolute Gasteiger partial charge is 0.471 e. The van der Waals surface area contributed by atoms with Crippen molar-refractivity contribution in [2.75, 3.05) is 7.11 Å². The van der Waals surface area contributed by atoms with Crippen LogP contribution in [0.25, 0.3) is 0 Å². The molecule has 0 fully saturated rings. The lowest BCUT2D eigenvalue weighted by Gasteiger charge is -2.27. The second-order valence-corrected chi connectivity index (χ2v) is 4.51. The summed E-state index contributed by atoms with van der Waals surface area (Å²) < 4.78 is 41.8. The predicted octanol–water partition coefficient (Wildman–Crippen LogP) is 2.23. The molecule has 0 aromatic heterocycles. The molecule has 0 aliphatic heterocycles. The van der Waals surface area contributed by atoms with Gasteiger partial charge in [-0.05, 0) is 36.5 Å². The SMILES string of the molecule is COc1cccc2c1CCC(NC(=O)C(F)(F)F)C2. The summed E-state index contributed by atoms with van der Waals surface area (Å²) in [5.41, 5.74) is 1.94. The lowest BCUT2D eigenvalue weighted by molar-refractivity contribution is -0.174. The molecule has 0 spiro atoms. The van der Waals surface area contributed by atoms with Gasteiger partial charge < -0.3 is 10.1 Å². The maximum atomic E-state index is 12.2. The van der Waals surface area contributed by atoms with Crippen molar-refractivity contribution < 1.29 is 22.7 Å². The van der Waals surface area contributed by atoms with E-state index >= 15 is 0 Å². The fraction of sp³-hybridized carbons (Fsp3) is 0.462. The van der Waals surface area contributed by atoms with Crippen LogP contribution in [0.4, 0.5) is 13.2 Å². The van der Waals surface area contributed by atoms with E-state index in [0.717, 1.165) is 16.9 Å². The lowest BCUT2D eigenvalue weighted by atomic mass is 9.87. The minimum atomic E-state index is -4.82. The molecule has 1 amide bonds. The topological polar surface area (TPSA) is 38.3 Å². The summed E-state index contributed by atoms with van der Waals surface area (Å²) in [5.74, 6) is -1.12. The van der Waals surface area contributed by atoms with Gasteiger partial charge >= 0.3 is 12.1 Å². The van der Waals surface area contributed by atoms with Crippen LogP contribution in [0.5, 0.6) is 5.75 Å². The molecular formula is C13H14F3NO2. The standard InChI is InChI=1S/C13H14F3NO2/c1-19-11-4-2-3-8-7-9(5-6-10(8)11)17-12(18)13(14,15)16/h2-4,9H,5-7H2,1H3,(H,17,18). The van der Waals surface area contributed by atoms with Crippen LogP contribution < -0.4 is 10.1 Å². The van der Waals surface area contributed by atoms with Gasteiger partial charge in [0.05, 0.1) is 7.11 Å². The van der Waals surface area contributed by atoms with Gasteiger partial charge in [0.2, 0.25) is 0 Å². The van der Waals surface area contributed by atoms with Crippen molar-refractivity contribution in [2.45, 2.75) is 31.5 Å². The average molecular weight is 273 g/mol. The molecule has 0 saturated heterocycles. The summed E-state index contributed by atoms with van der Waals surface area (Å²) in [4.78, 5) is 10.9. The fourth-order valence-corrected chi connectivity index (χ4v) is 2.35. The Morgan fingerprint density at radius 1 is 1.42 bits per heavy atom. The van der Waals surface area contributed by atoms with Gasteiger partial charge in [-0.15, -0.1) is 0 Å². The van der Waals surface area contributed by atoms with Gasteiger partial charge in [0.1, 0.15) is 5.75 Å². The van der Waals surface area contributed by atoms with Gasteiger partial charge in [-0.1, -0.05) is 12.1 Å². The molecule has 6 heteroatoms. The minimum Gasteiger partial charge on any atom is -0.496 e. The molecule has 0 bridgehead atoms. The predicted molar refractivity (Wildman–Crippen MR) is 63.0 cm³/mol. The Balaban J connectivity index is 2.09. The number of alkyl halides is 3. The summed E-state index contributed by atoms with van der Waals surface area (Å²) in [6.07, 6.45) is -3.35. The Morgan fingerprint density at radius 2 is 2.16 bits per heavy atom. The van der Waals surface area contributed by atoms with E-state index in [2.05, 4.69) is 0 Å². The molecule has 1 aromatic carbocycles. The second-order valence-electron chi connectivity index (χ2n) is 4.51. The maximum Gasteiger partial charge on any atom is 0.471 e. The largest absolute Gasteiger partial charge is 0.496 e. The van der Waals surface area contributed by atoms with Crippen molar-refractivity contribution in [3.8, 4) is 5.75 Å². The number of carbonyl (C=O) groups is 1. The number of carbonyl (C=O) groups excluding carboxylic acids is 1. The van der Waals surface area contributed by atoms with E-state index in [1.54, 1.807) is 13.2 Å². The van der Waals surface area contributed by atoms with Crippen LogP contribution in [-0.4, -0.2) is 25.2 Å². The van der Waals surface area contributed by atoms with Crippen LogP contribution in [0.2, 0.25) is 0 Å². The summed E-state index contributed by atoms with van der Waals surface area (Å²) in [7, 11) is 1.56. The number of rotatable bonds is 2. The van der Waals surface area contributed by atoms with Crippen LogP contribution in [0.1, 0.15) is 17.5 Å². The molecule has 0 radical (unpaired) electrons. The maximum absolute atomic E-state index is 12.2. The van der Waals surface area contributed by atoms with E-state index in [-0.39, 0.29) is 0 Å². The Labute approximate surface area is 108 Å². The third-order valence-electron chi connectivity index (χ3n) is 3.25. The van der Waals surface area contributed by atoms with Crippen LogP contribution >= 0.6 is 0 Å². The average Bonchev–Trinajstić information content (AvgIpc) is 2.36. The Bertz CT molecular complexity index is 485. The van der Waals surface area contributed by atoms with Crippen LogP contribution in [0, 0.1) is 0 Å². The summed E-state index contributed by atoms with van der Waals surface area (Å²) in [6, 6.07) is 5.00. The quantitative estimate of drug-likeness (QED) is 0.897. The number of hydrogen-bond acceptors (Lipinski definition) is 2. The normalized spacial score (nSPS) is 18.6. The summed E-state index contributed by atoms with van der Waals surface area (Å²) in [6.45, 7) is 0. The molecular weight excluding hydrogens is 259 g/mol. The molecule has 104 valence electrons. The molecule has 19 heavy (non-hydrogen) atoms. The number of methoxy groups -OCH3 is 1. The molecule has 1 aromatic rings. The van der Waals surface area contributed by atoms with Gasteiger partial charge in [0.15, 0.2) is 0 Å². The van der Waals surface area contributed by atoms with Crippen molar-refractivity contribution in [3.05, 3.63) is 29.3 Å². The highest BCUT2D eigenvalue weighted by Gasteiger charge is 2.40. The molecule has 0 heterocycles. The number of benzene rings is 1. The zero-order valence-corrected chi connectivity index (χ0v) is 10.4. The first-order valence-electron chi connectivity index (χ1n) is 5.94. The van der Waals surface area contributed by atoms with Crippen LogP contribution in [0.15, 0.2) is 18.2 Å². The molecule has 1 aliphatic carbocycles. The van der Waals surface area contributed by atoms with E-state index in [1.807, 2.05) is 17.4 Å². The molecule has 1 atom stereocenters.